The van der Waals surface area contributed by atoms with Crippen LogP contribution in [0.5, 0.6) is 0 Å². The highest BCUT2D eigenvalue weighted by Crippen LogP contribution is 2.36. The first kappa shape index (κ1) is 15.4. The Hall–Kier alpha value is -2.15. The minimum Gasteiger partial charge on any atom is -0.304 e. The van der Waals surface area contributed by atoms with E-state index in [0.29, 0.717) is 5.92 Å². The highest BCUT2D eigenvalue weighted by Gasteiger charge is 2.24. The maximum atomic E-state index is 9.02. The van der Waals surface area contributed by atoms with Crippen LogP contribution in [0.15, 0.2) is 54.1 Å². The largest absolute Gasteiger partial charge is 0.304 e. The second-order valence-electron chi connectivity index (χ2n) is 7.28. The van der Waals surface area contributed by atoms with Gasteiger partial charge in [-0.25, -0.2) is 0 Å². The summed E-state index contributed by atoms with van der Waals surface area (Å²) < 4.78 is 0. The first-order valence-corrected chi connectivity index (χ1v) is 9.22. The molecule has 0 aromatic heterocycles. The maximum absolute atomic E-state index is 9.02. The van der Waals surface area contributed by atoms with Crippen LogP contribution in [0.25, 0.3) is 16.3 Å². The minimum absolute atomic E-state index is 0.430. The van der Waals surface area contributed by atoms with Gasteiger partial charge in [0.25, 0.3) is 0 Å². The Kier molecular flexibility index (Phi) is 4.10. The second kappa shape index (κ2) is 6.39. The zero-order valence-corrected chi connectivity index (χ0v) is 14.4. The van der Waals surface area contributed by atoms with Crippen LogP contribution in [0.2, 0.25) is 0 Å². The van der Waals surface area contributed by atoms with Crippen molar-refractivity contribution >= 4 is 22.1 Å². The molecular weight excluding hydrogens is 290 g/mol. The molecule has 0 bridgehead atoms. The van der Waals surface area contributed by atoms with Crippen molar-refractivity contribution in [3.05, 3.63) is 65.3 Å². The summed E-state index contributed by atoms with van der Waals surface area (Å²) in [6.07, 6.45) is 11.8. The highest BCUT2D eigenvalue weighted by molar-refractivity contribution is 6.14. The van der Waals surface area contributed by atoms with Crippen molar-refractivity contribution in [2.24, 2.45) is 5.92 Å². The van der Waals surface area contributed by atoms with Gasteiger partial charge < -0.3 is 5.41 Å². The van der Waals surface area contributed by atoms with Gasteiger partial charge in [0.1, 0.15) is 0 Å². The van der Waals surface area contributed by atoms with Gasteiger partial charge in [-0.3, -0.25) is 0 Å². The Labute approximate surface area is 144 Å². The summed E-state index contributed by atoms with van der Waals surface area (Å²) in [5.41, 5.74) is 6.04. The molecule has 1 nitrogen and oxygen atoms in total. The van der Waals surface area contributed by atoms with Crippen LogP contribution in [0.1, 0.15) is 56.6 Å². The van der Waals surface area contributed by atoms with Crippen LogP contribution in [0.4, 0.5) is 0 Å². The molecule has 0 radical (unpaired) electrons. The highest BCUT2D eigenvalue weighted by atomic mass is 14.5. The third kappa shape index (κ3) is 2.73. The van der Waals surface area contributed by atoms with Crippen molar-refractivity contribution in [3.8, 4) is 0 Å². The molecule has 122 valence electrons. The van der Waals surface area contributed by atoms with Gasteiger partial charge in [0, 0.05) is 17.2 Å². The average Bonchev–Trinajstić information content (AvgIpc) is 3.07. The summed E-state index contributed by atoms with van der Waals surface area (Å²) in [4.78, 5) is 0. The molecule has 0 atom stereocenters. The van der Waals surface area contributed by atoms with E-state index in [9.17, 15) is 0 Å². The van der Waals surface area contributed by atoms with Gasteiger partial charge in [-0.15, -0.1) is 0 Å². The van der Waals surface area contributed by atoms with Crippen molar-refractivity contribution < 1.29 is 0 Å². The molecule has 0 unspecified atom stereocenters. The van der Waals surface area contributed by atoms with Crippen LogP contribution >= 0.6 is 0 Å². The van der Waals surface area contributed by atoms with E-state index < -0.39 is 0 Å². The Bertz CT molecular complexity index is 847. The fourth-order valence-corrected chi connectivity index (χ4v) is 4.28. The number of hydrogen-bond acceptors (Lipinski definition) is 1. The average molecular weight is 315 g/mol. The molecule has 1 fully saturated rings. The number of allylic oxidation sites excluding steroid dienone is 4. The lowest BCUT2D eigenvalue weighted by atomic mass is 9.80. The second-order valence-corrected chi connectivity index (χ2v) is 7.28. The third-order valence-corrected chi connectivity index (χ3v) is 5.60. The van der Waals surface area contributed by atoms with Gasteiger partial charge >= 0.3 is 0 Å². The normalized spacial score (nSPS) is 18.5. The molecular formula is C23H25N. The monoisotopic (exact) mass is 315 g/mol. The van der Waals surface area contributed by atoms with Gasteiger partial charge in [-0.05, 0) is 48.1 Å². The Balaban J connectivity index is 1.86. The summed E-state index contributed by atoms with van der Waals surface area (Å²) >= 11 is 0. The molecule has 0 aliphatic heterocycles. The standard InChI is InChI=1S/C23H25N/c1-16-11-12-19(15-16)21-14-13-17-7-5-6-10-20(17)22(21)23(24)18-8-3-2-4-9-18/h5-7,10-11,13-15,18,24H,2-4,8-9,12H2,1H3. The smallest absolute Gasteiger partial charge is 0.0429 e. The van der Waals surface area contributed by atoms with E-state index in [4.69, 9.17) is 5.41 Å². The van der Waals surface area contributed by atoms with Crippen molar-refractivity contribution in [2.75, 3.05) is 0 Å². The first-order valence-electron chi connectivity index (χ1n) is 9.22. The number of nitrogens with one attached hydrogen (secondary N) is 1. The van der Waals surface area contributed by atoms with Crippen LogP contribution in [0, 0.1) is 11.3 Å². The van der Waals surface area contributed by atoms with E-state index in [2.05, 4.69) is 55.5 Å². The van der Waals surface area contributed by atoms with Crippen molar-refractivity contribution in [2.45, 2.75) is 45.4 Å². The number of benzene rings is 2. The van der Waals surface area contributed by atoms with Crippen LogP contribution in [-0.2, 0) is 0 Å². The van der Waals surface area contributed by atoms with E-state index >= 15 is 0 Å². The lowest BCUT2D eigenvalue weighted by Gasteiger charge is -2.25. The van der Waals surface area contributed by atoms with E-state index in [1.807, 2.05) is 0 Å². The molecule has 24 heavy (non-hydrogen) atoms. The van der Waals surface area contributed by atoms with Crippen LogP contribution in [0.3, 0.4) is 0 Å². The molecule has 0 amide bonds. The van der Waals surface area contributed by atoms with E-state index in [-0.39, 0.29) is 0 Å². The number of hydrogen-bond donors (Lipinski definition) is 1. The first-order chi connectivity index (χ1) is 11.7. The molecule has 0 saturated heterocycles. The summed E-state index contributed by atoms with van der Waals surface area (Å²) in [6, 6.07) is 13.0. The van der Waals surface area contributed by atoms with Crippen molar-refractivity contribution in [1.29, 1.82) is 5.41 Å². The molecule has 0 heterocycles. The molecule has 4 rings (SSSR count). The van der Waals surface area contributed by atoms with Gasteiger partial charge in [0.2, 0.25) is 0 Å². The van der Waals surface area contributed by atoms with Gasteiger partial charge in [0.05, 0.1) is 0 Å². The van der Waals surface area contributed by atoms with Gasteiger partial charge in [0.15, 0.2) is 0 Å². The Morgan fingerprint density at radius 3 is 2.54 bits per heavy atom. The molecule has 1 heteroatoms. The van der Waals surface area contributed by atoms with Crippen LogP contribution < -0.4 is 0 Å². The SMILES string of the molecule is CC1=CCC(c2ccc3ccccc3c2C(=N)C2CCCCC2)=C1. The summed E-state index contributed by atoms with van der Waals surface area (Å²) in [5.74, 6) is 0.430. The molecule has 0 spiro atoms. The fraction of sp³-hybridized carbons (Fsp3) is 0.348. The Morgan fingerprint density at radius 1 is 1.00 bits per heavy atom. The minimum atomic E-state index is 0.430. The van der Waals surface area contributed by atoms with Crippen molar-refractivity contribution in [3.63, 3.8) is 0 Å². The quantitative estimate of drug-likeness (QED) is 0.623. The van der Waals surface area contributed by atoms with Crippen molar-refractivity contribution in [1.82, 2.24) is 0 Å². The summed E-state index contributed by atoms with van der Waals surface area (Å²) in [5, 5.41) is 11.5. The molecule has 1 saturated carbocycles. The lowest BCUT2D eigenvalue weighted by molar-refractivity contribution is 0.439. The van der Waals surface area contributed by atoms with E-state index in [1.165, 1.54) is 65.1 Å². The zero-order valence-electron chi connectivity index (χ0n) is 14.4. The third-order valence-electron chi connectivity index (χ3n) is 5.60. The van der Waals surface area contributed by atoms with Gasteiger partial charge in [-0.2, -0.15) is 0 Å². The van der Waals surface area contributed by atoms with Crippen LogP contribution in [-0.4, -0.2) is 5.71 Å². The zero-order chi connectivity index (χ0) is 16.5. The van der Waals surface area contributed by atoms with Gasteiger partial charge in [-0.1, -0.05) is 73.4 Å². The Morgan fingerprint density at radius 2 is 1.79 bits per heavy atom. The van der Waals surface area contributed by atoms with E-state index in [1.54, 1.807) is 0 Å². The summed E-state index contributed by atoms with van der Waals surface area (Å²) in [7, 11) is 0. The molecule has 2 aromatic carbocycles. The fourth-order valence-electron chi connectivity index (χ4n) is 4.28. The lowest BCUT2D eigenvalue weighted by Crippen LogP contribution is -2.19. The predicted molar refractivity (Wildman–Crippen MR) is 104 cm³/mol. The maximum Gasteiger partial charge on any atom is 0.0429 e. The molecule has 1 N–H and O–H groups in total. The number of rotatable bonds is 3. The number of fused-ring (bicyclic) bond motifs is 1. The molecule has 2 aliphatic carbocycles. The molecule has 2 aromatic rings. The van der Waals surface area contributed by atoms with E-state index in [0.717, 1.165) is 12.1 Å². The topological polar surface area (TPSA) is 23.9 Å². The molecule has 2 aliphatic rings. The predicted octanol–water partition coefficient (Wildman–Crippen LogP) is 6.52. The summed E-state index contributed by atoms with van der Waals surface area (Å²) in [6.45, 7) is 2.17.